The Morgan fingerprint density at radius 1 is 1.64 bits per heavy atom. The average Bonchev–Trinajstić information content (AvgIpc) is 2.35. The van der Waals surface area contributed by atoms with Gasteiger partial charge in [0, 0.05) is 11.3 Å². The number of thiophene rings is 1. The van der Waals surface area contributed by atoms with Crippen molar-refractivity contribution in [3.05, 3.63) is 20.8 Å². The lowest BCUT2D eigenvalue weighted by Crippen LogP contribution is -2.14. The monoisotopic (exact) mass is 233 g/mol. The average molecular weight is 234 g/mol. The van der Waals surface area contributed by atoms with Crippen LogP contribution in [-0.4, -0.2) is 12.3 Å². The van der Waals surface area contributed by atoms with E-state index in [1.165, 1.54) is 0 Å². The van der Waals surface area contributed by atoms with Gasteiger partial charge in [0.15, 0.2) is 5.78 Å². The van der Waals surface area contributed by atoms with Gasteiger partial charge in [-0.25, -0.2) is 0 Å². The lowest BCUT2D eigenvalue weighted by molar-refractivity contribution is -0.117. The van der Waals surface area contributed by atoms with Gasteiger partial charge in [0.25, 0.3) is 0 Å². The third kappa shape index (κ3) is 2.73. The molecule has 0 aromatic carbocycles. The first-order chi connectivity index (χ1) is 5.22. The van der Waals surface area contributed by atoms with Gasteiger partial charge in [0.2, 0.25) is 0 Å². The highest BCUT2D eigenvalue weighted by atomic mass is 79.9. The lowest BCUT2D eigenvalue weighted by Gasteiger charge is -1.91. The maximum Gasteiger partial charge on any atom is 0.151 e. The second-order valence-corrected chi connectivity index (χ2v) is 4.67. The fourth-order valence-electron chi connectivity index (χ4n) is 0.713. The van der Waals surface area contributed by atoms with Crippen molar-refractivity contribution in [3.8, 4) is 0 Å². The SMILES string of the molecule is NCC(=O)Cc1ccc(Br)s1. The van der Waals surface area contributed by atoms with Gasteiger partial charge in [-0.3, -0.25) is 4.79 Å². The van der Waals surface area contributed by atoms with Crippen molar-refractivity contribution in [2.75, 3.05) is 6.54 Å². The Kier molecular flexibility index (Phi) is 3.23. The van der Waals surface area contributed by atoms with Crippen molar-refractivity contribution >= 4 is 33.0 Å². The molecule has 0 saturated carbocycles. The quantitative estimate of drug-likeness (QED) is 0.862. The van der Waals surface area contributed by atoms with E-state index in [0.29, 0.717) is 6.42 Å². The van der Waals surface area contributed by atoms with E-state index in [1.54, 1.807) is 11.3 Å². The van der Waals surface area contributed by atoms with E-state index in [2.05, 4.69) is 15.9 Å². The minimum atomic E-state index is 0.0827. The lowest BCUT2D eigenvalue weighted by atomic mass is 10.2. The molecule has 0 spiro atoms. The highest BCUT2D eigenvalue weighted by Gasteiger charge is 2.02. The summed E-state index contributed by atoms with van der Waals surface area (Å²) in [6.45, 7) is 0.134. The third-order valence-corrected chi connectivity index (χ3v) is 2.85. The molecule has 1 heterocycles. The Balaban J connectivity index is 2.57. The molecule has 4 heteroatoms. The molecule has 2 nitrogen and oxygen atoms in total. The van der Waals surface area contributed by atoms with E-state index >= 15 is 0 Å². The van der Waals surface area contributed by atoms with Crippen molar-refractivity contribution in [2.45, 2.75) is 6.42 Å². The van der Waals surface area contributed by atoms with E-state index in [9.17, 15) is 4.79 Å². The van der Waals surface area contributed by atoms with Crippen molar-refractivity contribution in [2.24, 2.45) is 5.73 Å². The summed E-state index contributed by atoms with van der Waals surface area (Å²) in [6, 6.07) is 3.87. The van der Waals surface area contributed by atoms with Crippen LogP contribution in [0, 0.1) is 0 Å². The highest BCUT2D eigenvalue weighted by Crippen LogP contribution is 2.22. The van der Waals surface area contributed by atoms with Crippen LogP contribution in [0.1, 0.15) is 4.88 Å². The van der Waals surface area contributed by atoms with Gasteiger partial charge in [-0.15, -0.1) is 11.3 Å². The maximum atomic E-state index is 10.9. The summed E-state index contributed by atoms with van der Waals surface area (Å²) in [6.07, 6.45) is 0.465. The normalized spacial score (nSPS) is 10.0. The first kappa shape index (κ1) is 8.90. The molecule has 0 radical (unpaired) electrons. The van der Waals surface area contributed by atoms with Crippen LogP contribution in [0.2, 0.25) is 0 Å². The fourth-order valence-corrected chi connectivity index (χ4v) is 2.22. The molecule has 0 aliphatic heterocycles. The third-order valence-electron chi connectivity index (χ3n) is 1.23. The summed E-state index contributed by atoms with van der Waals surface area (Å²) in [4.78, 5) is 11.9. The van der Waals surface area contributed by atoms with E-state index < -0.39 is 0 Å². The molecule has 1 aromatic rings. The van der Waals surface area contributed by atoms with Crippen LogP contribution in [0.25, 0.3) is 0 Å². The van der Waals surface area contributed by atoms with E-state index in [1.807, 2.05) is 12.1 Å². The number of Topliss-reactive ketones (excluding diaryl/α,β-unsaturated/α-hetero) is 1. The molecule has 60 valence electrons. The van der Waals surface area contributed by atoms with Crippen LogP contribution in [0.15, 0.2) is 15.9 Å². The summed E-state index contributed by atoms with van der Waals surface area (Å²) in [5.74, 6) is 0.0827. The van der Waals surface area contributed by atoms with Gasteiger partial charge >= 0.3 is 0 Å². The highest BCUT2D eigenvalue weighted by molar-refractivity contribution is 9.11. The predicted octanol–water partition coefficient (Wildman–Crippen LogP) is 1.58. The maximum absolute atomic E-state index is 10.9. The number of rotatable bonds is 3. The van der Waals surface area contributed by atoms with Crippen LogP contribution in [-0.2, 0) is 11.2 Å². The van der Waals surface area contributed by atoms with Gasteiger partial charge in [0.05, 0.1) is 10.3 Å². The van der Waals surface area contributed by atoms with Crippen LogP contribution >= 0.6 is 27.3 Å². The Bertz CT molecular complexity index is 259. The minimum Gasteiger partial charge on any atom is -0.324 e. The number of carbonyl (C=O) groups is 1. The number of hydrogen-bond acceptors (Lipinski definition) is 3. The molecule has 0 fully saturated rings. The van der Waals surface area contributed by atoms with Gasteiger partial charge in [0.1, 0.15) is 0 Å². The summed E-state index contributed by atoms with van der Waals surface area (Å²) in [5, 5.41) is 0. The van der Waals surface area contributed by atoms with Crippen molar-refractivity contribution in [1.29, 1.82) is 0 Å². The fraction of sp³-hybridized carbons (Fsp3) is 0.286. The second kappa shape index (κ2) is 3.99. The number of carbonyl (C=O) groups excluding carboxylic acids is 1. The molecule has 2 N–H and O–H groups in total. The molecule has 11 heavy (non-hydrogen) atoms. The summed E-state index contributed by atoms with van der Waals surface area (Å²) < 4.78 is 1.05. The molecule has 0 bridgehead atoms. The van der Waals surface area contributed by atoms with E-state index in [-0.39, 0.29) is 12.3 Å². The van der Waals surface area contributed by atoms with Gasteiger partial charge in [-0.1, -0.05) is 0 Å². The van der Waals surface area contributed by atoms with E-state index in [0.717, 1.165) is 8.66 Å². The zero-order chi connectivity index (χ0) is 8.27. The molecule has 0 aliphatic rings. The van der Waals surface area contributed by atoms with Crippen molar-refractivity contribution in [3.63, 3.8) is 0 Å². The molecule has 0 amide bonds. The van der Waals surface area contributed by atoms with Crippen molar-refractivity contribution in [1.82, 2.24) is 0 Å². The van der Waals surface area contributed by atoms with Crippen LogP contribution in [0.3, 0.4) is 0 Å². The number of nitrogens with two attached hydrogens (primary N) is 1. The molecule has 1 aromatic heterocycles. The first-order valence-electron chi connectivity index (χ1n) is 3.18. The number of hydrogen-bond donors (Lipinski definition) is 1. The molecule has 0 aliphatic carbocycles. The van der Waals surface area contributed by atoms with Gasteiger partial charge < -0.3 is 5.73 Å². The van der Waals surface area contributed by atoms with Gasteiger partial charge in [-0.2, -0.15) is 0 Å². The first-order valence-corrected chi connectivity index (χ1v) is 4.79. The van der Waals surface area contributed by atoms with Gasteiger partial charge in [-0.05, 0) is 28.1 Å². The zero-order valence-electron chi connectivity index (χ0n) is 5.84. The number of ketones is 1. The standard InChI is InChI=1S/C7H8BrNOS/c8-7-2-1-6(11-7)3-5(10)4-9/h1-2H,3-4,9H2. The van der Waals surface area contributed by atoms with Crippen LogP contribution < -0.4 is 5.73 Å². The summed E-state index contributed by atoms with van der Waals surface area (Å²) in [7, 11) is 0. The summed E-state index contributed by atoms with van der Waals surface area (Å²) >= 11 is 4.89. The molecular weight excluding hydrogens is 226 g/mol. The summed E-state index contributed by atoms with van der Waals surface area (Å²) in [5.41, 5.74) is 5.17. The molecule has 0 unspecified atom stereocenters. The Hall–Kier alpha value is -0.190. The minimum absolute atomic E-state index is 0.0827. The smallest absolute Gasteiger partial charge is 0.151 e. The Morgan fingerprint density at radius 2 is 2.36 bits per heavy atom. The second-order valence-electron chi connectivity index (χ2n) is 2.13. The largest absolute Gasteiger partial charge is 0.324 e. The molecule has 0 atom stereocenters. The zero-order valence-corrected chi connectivity index (χ0v) is 8.24. The molecular formula is C7H8BrNOS. The molecule has 0 saturated heterocycles. The number of halogens is 1. The van der Waals surface area contributed by atoms with Crippen LogP contribution in [0.4, 0.5) is 0 Å². The van der Waals surface area contributed by atoms with Crippen LogP contribution in [0.5, 0.6) is 0 Å². The predicted molar refractivity (Wildman–Crippen MR) is 49.8 cm³/mol. The van der Waals surface area contributed by atoms with E-state index in [4.69, 9.17) is 5.73 Å². The Morgan fingerprint density at radius 3 is 2.82 bits per heavy atom. The molecule has 1 rings (SSSR count). The topological polar surface area (TPSA) is 43.1 Å². The van der Waals surface area contributed by atoms with Crippen molar-refractivity contribution < 1.29 is 4.79 Å². The Labute approximate surface area is 77.5 Å².